The second kappa shape index (κ2) is 12.2. The van der Waals surface area contributed by atoms with Gasteiger partial charge in [0.15, 0.2) is 23.2 Å². The molecule has 1 aromatic carbocycles. The minimum atomic E-state index is -1.93. The first-order valence-electron chi connectivity index (χ1n) is 9.94. The van der Waals surface area contributed by atoms with Crippen molar-refractivity contribution < 1.29 is 51.4 Å². The molecule has 192 valence electrons. The van der Waals surface area contributed by atoms with Gasteiger partial charge in [0, 0.05) is 12.3 Å². The van der Waals surface area contributed by atoms with Crippen LogP contribution < -0.4 is 20.7 Å². The number of aromatic nitrogens is 1. The molecule has 36 heavy (non-hydrogen) atoms. The summed E-state index contributed by atoms with van der Waals surface area (Å²) in [6.07, 6.45) is 0.331. The van der Waals surface area contributed by atoms with Crippen LogP contribution >= 0.6 is 0 Å². The second-order valence-electron chi connectivity index (χ2n) is 7.08. The fraction of sp³-hybridized carbons (Fsp3) is 0.238. The van der Waals surface area contributed by atoms with Crippen LogP contribution in [0.2, 0.25) is 0 Å². The van der Waals surface area contributed by atoms with Crippen molar-refractivity contribution in [2.75, 3.05) is 11.9 Å². The van der Waals surface area contributed by atoms with Gasteiger partial charge in [0.05, 0.1) is 6.42 Å². The smallest absolute Gasteiger partial charge is 0.314 e. The molecule has 2 aromatic rings. The van der Waals surface area contributed by atoms with Gasteiger partial charge in [0.25, 0.3) is 0 Å². The number of aliphatic carboxylic acids is 1. The summed E-state index contributed by atoms with van der Waals surface area (Å²) in [6, 6.07) is 1.12. The minimum Gasteiger partial charge on any atom is -0.481 e. The van der Waals surface area contributed by atoms with Crippen LogP contribution in [0.25, 0.3) is 0 Å². The van der Waals surface area contributed by atoms with Crippen LogP contribution in [0.15, 0.2) is 30.5 Å². The van der Waals surface area contributed by atoms with Gasteiger partial charge in [-0.3, -0.25) is 24.0 Å². The van der Waals surface area contributed by atoms with Crippen molar-refractivity contribution >= 4 is 35.3 Å². The Hall–Kier alpha value is -4.56. The van der Waals surface area contributed by atoms with E-state index in [2.05, 4.69) is 15.0 Å². The van der Waals surface area contributed by atoms with Crippen molar-refractivity contribution in [3.63, 3.8) is 0 Å². The fourth-order valence-corrected chi connectivity index (χ4v) is 2.58. The third-order valence-corrected chi connectivity index (χ3v) is 4.37. The highest BCUT2D eigenvalue weighted by molar-refractivity contribution is 6.39. The molecular weight excluding hydrogens is 496 g/mol. The Labute approximate surface area is 199 Å². The largest absolute Gasteiger partial charge is 0.481 e. The van der Waals surface area contributed by atoms with E-state index in [0.717, 1.165) is 6.92 Å². The average Bonchev–Trinajstić information content (AvgIpc) is 2.82. The molecule has 4 N–H and O–H groups in total. The number of halogens is 4. The maximum atomic E-state index is 13.7. The van der Waals surface area contributed by atoms with Crippen molar-refractivity contribution in [2.24, 2.45) is 0 Å². The van der Waals surface area contributed by atoms with E-state index < -0.39 is 83.6 Å². The molecule has 0 aliphatic carbocycles. The average molecular weight is 514 g/mol. The molecular formula is C21H18F4N4O7. The molecule has 0 aliphatic heterocycles. The first-order valence-corrected chi connectivity index (χ1v) is 9.94. The van der Waals surface area contributed by atoms with Crippen molar-refractivity contribution in [3.05, 3.63) is 53.7 Å². The summed E-state index contributed by atoms with van der Waals surface area (Å²) in [6.45, 7) is -0.164. The first kappa shape index (κ1) is 27.7. The number of hydrogen-bond donors (Lipinski definition) is 4. The lowest BCUT2D eigenvalue weighted by Crippen LogP contribution is -2.53. The quantitative estimate of drug-likeness (QED) is 0.204. The minimum absolute atomic E-state index is 0.0490. The van der Waals surface area contributed by atoms with E-state index in [1.807, 2.05) is 10.6 Å². The van der Waals surface area contributed by atoms with Crippen molar-refractivity contribution in [1.29, 1.82) is 0 Å². The molecule has 0 radical (unpaired) electrons. The Bertz CT molecular complexity index is 1150. The number of Topliss-reactive ketones (excluding diaryl/α,β-unsaturated/α-hetero) is 1. The Balaban J connectivity index is 2.01. The zero-order chi connectivity index (χ0) is 27.0. The zero-order valence-electron chi connectivity index (χ0n) is 18.3. The predicted molar refractivity (Wildman–Crippen MR) is 111 cm³/mol. The van der Waals surface area contributed by atoms with Gasteiger partial charge in [0.1, 0.15) is 24.5 Å². The van der Waals surface area contributed by atoms with E-state index in [4.69, 9.17) is 5.11 Å². The van der Waals surface area contributed by atoms with Crippen LogP contribution in [0.1, 0.15) is 13.3 Å². The number of anilines is 1. The molecule has 0 spiro atoms. The maximum Gasteiger partial charge on any atom is 0.314 e. The molecule has 0 saturated heterocycles. The number of carboxylic acids is 1. The SMILES string of the molecule is C[C@H](NC(=O)C(=O)Nc1ccccn1)C(=O)N[C@@H](CC(=O)O)C(=O)COc1c(F)c(F)cc(F)c1F. The van der Waals surface area contributed by atoms with E-state index in [-0.39, 0.29) is 11.9 Å². The van der Waals surface area contributed by atoms with E-state index in [1.165, 1.54) is 18.3 Å². The lowest BCUT2D eigenvalue weighted by Gasteiger charge is -2.20. The Morgan fingerprint density at radius 2 is 1.64 bits per heavy atom. The Morgan fingerprint density at radius 3 is 2.19 bits per heavy atom. The number of amides is 3. The van der Waals surface area contributed by atoms with Crippen LogP contribution in [0.3, 0.4) is 0 Å². The molecule has 0 bridgehead atoms. The molecule has 3 amide bonds. The highest BCUT2D eigenvalue weighted by Crippen LogP contribution is 2.26. The molecule has 0 saturated carbocycles. The standard InChI is InChI=1S/C21H18F4N4O7/c1-9(27-20(34)21(35)29-14-4-2-3-5-26-14)19(33)28-12(7-15(31)32)13(30)8-36-18-16(24)10(22)6-11(23)17(18)25/h2-6,9,12H,7-8H2,1H3,(H,27,34)(H,28,33)(H,31,32)(H,26,29,35)/t9-,12-/m0/s1. The van der Waals surface area contributed by atoms with E-state index >= 15 is 0 Å². The number of carboxylic acid groups (broad SMARTS) is 1. The highest BCUT2D eigenvalue weighted by Gasteiger charge is 2.29. The summed E-state index contributed by atoms with van der Waals surface area (Å²) < 4.78 is 58.4. The molecule has 1 heterocycles. The van der Waals surface area contributed by atoms with E-state index in [9.17, 15) is 41.5 Å². The number of rotatable bonds is 10. The number of hydrogen-bond acceptors (Lipinski definition) is 7. The van der Waals surface area contributed by atoms with Gasteiger partial charge >= 0.3 is 17.8 Å². The topological polar surface area (TPSA) is 164 Å². The summed E-state index contributed by atoms with van der Waals surface area (Å²) in [7, 11) is 0. The summed E-state index contributed by atoms with van der Waals surface area (Å²) in [5, 5.41) is 15.2. The van der Waals surface area contributed by atoms with Gasteiger partial charge in [-0.1, -0.05) is 6.07 Å². The summed E-state index contributed by atoms with van der Waals surface area (Å²) in [5.74, 6) is -15.3. The molecule has 2 atom stereocenters. The maximum absolute atomic E-state index is 13.7. The van der Waals surface area contributed by atoms with Crippen LogP contribution in [0.5, 0.6) is 5.75 Å². The summed E-state index contributed by atoms with van der Waals surface area (Å²) in [5.41, 5.74) is 0. The van der Waals surface area contributed by atoms with Crippen LogP contribution in [-0.2, 0) is 24.0 Å². The summed E-state index contributed by atoms with van der Waals surface area (Å²) in [4.78, 5) is 63.5. The van der Waals surface area contributed by atoms with Gasteiger partial charge in [0.2, 0.25) is 17.5 Å². The molecule has 0 aliphatic rings. The van der Waals surface area contributed by atoms with Crippen molar-refractivity contribution in [2.45, 2.75) is 25.4 Å². The van der Waals surface area contributed by atoms with Crippen molar-refractivity contribution in [3.8, 4) is 5.75 Å². The highest BCUT2D eigenvalue weighted by atomic mass is 19.2. The number of benzene rings is 1. The number of pyridine rings is 1. The zero-order valence-corrected chi connectivity index (χ0v) is 18.3. The monoisotopic (exact) mass is 514 g/mol. The van der Waals surface area contributed by atoms with Gasteiger partial charge in [-0.15, -0.1) is 0 Å². The molecule has 0 fully saturated rings. The Morgan fingerprint density at radius 1 is 1.00 bits per heavy atom. The van der Waals surface area contributed by atoms with Gasteiger partial charge in [-0.05, 0) is 19.1 Å². The van der Waals surface area contributed by atoms with Crippen LogP contribution in [-0.4, -0.2) is 58.3 Å². The predicted octanol–water partition coefficient (Wildman–Crippen LogP) is 0.689. The third-order valence-electron chi connectivity index (χ3n) is 4.37. The van der Waals surface area contributed by atoms with E-state index in [1.54, 1.807) is 6.07 Å². The van der Waals surface area contributed by atoms with Crippen molar-refractivity contribution in [1.82, 2.24) is 15.6 Å². The van der Waals surface area contributed by atoms with Gasteiger partial charge < -0.3 is 25.8 Å². The normalized spacial score (nSPS) is 12.1. The molecule has 11 nitrogen and oxygen atoms in total. The number of carbonyl (C=O) groups excluding carboxylic acids is 4. The fourth-order valence-electron chi connectivity index (χ4n) is 2.58. The van der Waals surface area contributed by atoms with Crippen LogP contribution in [0.4, 0.5) is 23.4 Å². The van der Waals surface area contributed by atoms with Crippen LogP contribution in [0, 0.1) is 23.3 Å². The molecule has 15 heteroatoms. The first-order chi connectivity index (χ1) is 16.9. The second-order valence-corrected chi connectivity index (χ2v) is 7.08. The number of carbonyl (C=O) groups is 5. The molecule has 0 unspecified atom stereocenters. The number of nitrogens with one attached hydrogen (secondary N) is 3. The van der Waals surface area contributed by atoms with Gasteiger partial charge in [-0.25, -0.2) is 13.8 Å². The molecule has 1 aromatic heterocycles. The molecule has 2 rings (SSSR count). The third kappa shape index (κ3) is 7.48. The number of ether oxygens (including phenoxy) is 1. The van der Waals surface area contributed by atoms with E-state index in [0.29, 0.717) is 0 Å². The summed E-state index contributed by atoms with van der Waals surface area (Å²) >= 11 is 0. The lowest BCUT2D eigenvalue weighted by atomic mass is 10.1. The number of nitrogens with zero attached hydrogens (tertiary/aromatic N) is 1. The Kier molecular flexibility index (Phi) is 9.41. The lowest BCUT2D eigenvalue weighted by molar-refractivity contribution is -0.141. The number of ketones is 1. The van der Waals surface area contributed by atoms with Gasteiger partial charge in [-0.2, -0.15) is 8.78 Å².